The van der Waals surface area contributed by atoms with Crippen molar-refractivity contribution in [3.8, 4) is 45.3 Å². The Hall–Kier alpha value is -6.07. The third-order valence-electron chi connectivity index (χ3n) is 7.53. The molecule has 0 fully saturated rings. The molecule has 206 valence electrons. The number of hydrogen-bond acceptors (Lipinski definition) is 5. The quantitative estimate of drug-likeness (QED) is 0.209. The second-order valence-corrected chi connectivity index (χ2v) is 10.1. The van der Waals surface area contributed by atoms with Gasteiger partial charge in [-0.1, -0.05) is 109 Å². The average Bonchev–Trinajstić information content (AvgIpc) is 3.75. The maximum Gasteiger partial charge on any atom is 0.164 e. The van der Waals surface area contributed by atoms with Crippen molar-refractivity contribution in [2.75, 3.05) is 0 Å². The first-order valence-electron chi connectivity index (χ1n) is 18.7. The Kier molecular flexibility index (Phi) is 3.66. The highest BCUT2D eigenvalue weighted by Crippen LogP contribution is 2.39. The largest absolute Gasteiger partial charge is 0.456 e. The van der Waals surface area contributed by atoms with E-state index in [0.717, 1.165) is 43.8 Å². The van der Waals surface area contributed by atoms with E-state index in [4.69, 9.17) is 22.5 Å². The zero-order chi connectivity index (χ0) is 37.7. The van der Waals surface area contributed by atoms with Crippen molar-refractivity contribution in [1.29, 1.82) is 0 Å². The van der Waals surface area contributed by atoms with Crippen LogP contribution < -0.4 is 0 Å². The molecule has 3 heterocycles. The molecule has 0 aliphatic heterocycles. The van der Waals surface area contributed by atoms with Gasteiger partial charge in [-0.15, -0.1) is 0 Å². The monoisotopic (exact) mass is 575 g/mol. The summed E-state index contributed by atoms with van der Waals surface area (Å²) in [7, 11) is 0. The van der Waals surface area contributed by atoms with Gasteiger partial charge >= 0.3 is 0 Å². The van der Waals surface area contributed by atoms with Crippen molar-refractivity contribution in [3.63, 3.8) is 0 Å². The topological polar surface area (TPSA) is 65.0 Å². The van der Waals surface area contributed by atoms with Crippen molar-refractivity contribution in [2.45, 2.75) is 0 Å². The molecule has 0 atom stereocenters. The summed E-state index contributed by atoms with van der Waals surface area (Å²) in [4.78, 5) is 13.4. The molecule has 5 heteroatoms. The van der Waals surface area contributed by atoms with E-state index in [1.807, 2.05) is 66.7 Å². The van der Waals surface area contributed by atoms with Gasteiger partial charge in [0, 0.05) is 43.8 Å². The van der Waals surface area contributed by atoms with E-state index in [0.29, 0.717) is 16.7 Å². The van der Waals surface area contributed by atoms with E-state index in [2.05, 4.69) is 15.0 Å². The smallest absolute Gasteiger partial charge is 0.164 e. The van der Waals surface area contributed by atoms with Gasteiger partial charge in [0.15, 0.2) is 17.5 Å². The summed E-state index contributed by atoms with van der Waals surface area (Å²) in [6, 6.07) is 19.0. The van der Waals surface area contributed by atoms with E-state index >= 15 is 0 Å². The fourth-order valence-electron chi connectivity index (χ4n) is 5.51. The number of furan rings is 2. The molecule has 9 aromatic rings. The molecule has 9 rings (SSSR count). The first kappa shape index (κ1) is 16.5. The molecule has 0 radical (unpaired) electrons. The summed E-state index contributed by atoms with van der Waals surface area (Å²) in [6.07, 6.45) is 0. The zero-order valence-corrected chi connectivity index (χ0v) is 22.7. The van der Waals surface area contributed by atoms with Gasteiger partial charge in [0.2, 0.25) is 0 Å². The van der Waals surface area contributed by atoms with Gasteiger partial charge in [0.25, 0.3) is 0 Å². The van der Waals surface area contributed by atoms with Crippen molar-refractivity contribution in [1.82, 2.24) is 15.0 Å². The van der Waals surface area contributed by atoms with Gasteiger partial charge in [-0.25, -0.2) is 15.0 Å². The van der Waals surface area contributed by atoms with Crippen LogP contribution in [0.3, 0.4) is 0 Å². The van der Waals surface area contributed by atoms with E-state index in [1.54, 1.807) is 12.1 Å². The number of hydrogen-bond donors (Lipinski definition) is 0. The van der Waals surface area contributed by atoms with E-state index in [9.17, 15) is 0 Å². The van der Waals surface area contributed by atoms with E-state index < -0.39 is 60.4 Å². The van der Waals surface area contributed by atoms with Gasteiger partial charge in [-0.2, -0.15) is 0 Å². The fraction of sp³-hybridized carbons (Fsp3) is 0. The summed E-state index contributed by atoms with van der Waals surface area (Å²) >= 11 is 0. The Labute approximate surface area is 266 Å². The Morgan fingerprint density at radius 3 is 1.66 bits per heavy atom. The highest BCUT2D eigenvalue weighted by Gasteiger charge is 2.16. The van der Waals surface area contributed by atoms with Crippen molar-refractivity contribution < 1.29 is 22.5 Å². The molecular formula is C39H23N3O2. The molecule has 0 N–H and O–H groups in total. The second kappa shape index (κ2) is 9.75. The van der Waals surface area contributed by atoms with E-state index in [1.165, 1.54) is 0 Å². The van der Waals surface area contributed by atoms with Gasteiger partial charge < -0.3 is 8.83 Å². The van der Waals surface area contributed by atoms with Gasteiger partial charge in [-0.05, 0) is 35.9 Å². The van der Waals surface area contributed by atoms with Crippen LogP contribution in [0.25, 0.3) is 89.2 Å². The molecular weight excluding hydrogens is 542 g/mol. The minimum absolute atomic E-state index is 0.0479. The Bertz CT molecular complexity index is 2940. The minimum Gasteiger partial charge on any atom is -0.456 e. The molecule has 5 nitrogen and oxygen atoms in total. The summed E-state index contributed by atoms with van der Waals surface area (Å²) in [6.45, 7) is 0. The summed E-state index contributed by atoms with van der Waals surface area (Å²) in [5.74, 6) is -0.728. The molecule has 0 aliphatic carbocycles. The average molecular weight is 576 g/mol. The fourth-order valence-corrected chi connectivity index (χ4v) is 5.51. The standard InChI is InChI=1S/C39H23N3O2/c1-3-10-24(11-4-1)37-40-38(25-12-5-2-6-13-25)42-39(41-37)27-19-21-31-30-20-18-26(22-34(30)43-35(31)23-27)28-15-9-16-32-29-14-7-8-17-33(29)44-36(28)32/h1-23H/i1D,2D,3D,4D,5D,6D,10D,11D,12D,13D. The number of fused-ring (bicyclic) bond motifs is 6. The van der Waals surface area contributed by atoms with Gasteiger partial charge in [-0.3, -0.25) is 0 Å². The summed E-state index contributed by atoms with van der Waals surface area (Å²) in [5.41, 5.74) is 4.10. The maximum absolute atomic E-state index is 8.57. The van der Waals surface area contributed by atoms with Crippen molar-refractivity contribution >= 4 is 43.9 Å². The molecule has 44 heavy (non-hydrogen) atoms. The Balaban J connectivity index is 1.23. The Morgan fingerprint density at radius 2 is 0.977 bits per heavy atom. The molecule has 0 unspecified atom stereocenters. The first-order chi connectivity index (χ1) is 25.9. The molecule has 6 aromatic carbocycles. The normalized spacial score (nSPS) is 14.8. The lowest BCUT2D eigenvalue weighted by molar-refractivity contribution is 0.668. The summed E-state index contributed by atoms with van der Waals surface area (Å²) < 4.78 is 95.9. The van der Waals surface area contributed by atoms with E-state index in [-0.39, 0.29) is 28.6 Å². The van der Waals surface area contributed by atoms with Crippen molar-refractivity contribution in [2.24, 2.45) is 0 Å². The number of rotatable bonds is 4. The molecule has 0 amide bonds. The van der Waals surface area contributed by atoms with Crippen LogP contribution >= 0.6 is 0 Å². The van der Waals surface area contributed by atoms with Gasteiger partial charge in [0.1, 0.15) is 22.3 Å². The highest BCUT2D eigenvalue weighted by atomic mass is 16.3. The van der Waals surface area contributed by atoms with Gasteiger partial charge in [0.05, 0.1) is 13.7 Å². The predicted molar refractivity (Wildman–Crippen MR) is 176 cm³/mol. The highest BCUT2D eigenvalue weighted by molar-refractivity contribution is 6.11. The summed E-state index contributed by atoms with van der Waals surface area (Å²) in [5, 5.41) is 3.65. The predicted octanol–water partition coefficient (Wildman–Crippen LogP) is 10.3. The van der Waals surface area contributed by atoms with Crippen molar-refractivity contribution in [3.05, 3.63) is 139 Å². The first-order valence-corrected chi connectivity index (χ1v) is 13.7. The molecule has 0 saturated carbocycles. The van der Waals surface area contributed by atoms with Crippen LogP contribution in [0.1, 0.15) is 13.7 Å². The minimum atomic E-state index is -0.614. The molecule has 0 saturated heterocycles. The van der Waals surface area contributed by atoms with Crippen LogP contribution in [0.15, 0.2) is 148 Å². The molecule has 0 aliphatic rings. The lowest BCUT2D eigenvalue weighted by Gasteiger charge is -2.08. The third kappa shape index (κ3) is 3.98. The molecule has 0 bridgehead atoms. The second-order valence-electron chi connectivity index (χ2n) is 10.1. The van der Waals surface area contributed by atoms with Crippen LogP contribution in [0.2, 0.25) is 0 Å². The van der Waals surface area contributed by atoms with Crippen LogP contribution in [0.4, 0.5) is 0 Å². The number of nitrogens with zero attached hydrogens (tertiary/aromatic N) is 3. The number of aromatic nitrogens is 3. The SMILES string of the molecule is [2H]c1c([2H])c([2H])c(-c2nc(-c3ccc4c(c3)oc3cc(-c5cccc6c5oc5ccccc56)ccc34)nc(-c3c([2H])c([2H])c([2H])c([2H])c3[2H])n2)c([2H])c1[2H]. The third-order valence-corrected chi connectivity index (χ3v) is 7.53. The lowest BCUT2D eigenvalue weighted by Crippen LogP contribution is -2.00. The van der Waals surface area contributed by atoms with Crippen LogP contribution in [0, 0.1) is 0 Å². The molecule has 3 aromatic heterocycles. The number of benzene rings is 6. The Morgan fingerprint density at radius 1 is 0.432 bits per heavy atom. The van der Waals surface area contributed by atoms with Crippen LogP contribution in [0.5, 0.6) is 0 Å². The van der Waals surface area contributed by atoms with Crippen LogP contribution in [-0.4, -0.2) is 15.0 Å². The number of para-hydroxylation sites is 2. The molecule has 0 spiro atoms. The zero-order valence-electron chi connectivity index (χ0n) is 32.7. The maximum atomic E-state index is 8.57. The lowest BCUT2D eigenvalue weighted by atomic mass is 10.0. The van der Waals surface area contributed by atoms with Crippen LogP contribution in [-0.2, 0) is 0 Å².